The van der Waals surface area contributed by atoms with Crippen molar-refractivity contribution in [2.75, 3.05) is 7.11 Å². The highest BCUT2D eigenvalue weighted by molar-refractivity contribution is 5.27. The van der Waals surface area contributed by atoms with E-state index in [2.05, 4.69) is 0 Å². The Morgan fingerprint density at radius 1 is 1.58 bits per heavy atom. The van der Waals surface area contributed by atoms with Crippen molar-refractivity contribution >= 4 is 0 Å². The third-order valence-electron chi connectivity index (χ3n) is 1.79. The maximum absolute atomic E-state index is 12.8. The number of aromatic nitrogens is 1. The van der Waals surface area contributed by atoms with E-state index in [1.165, 1.54) is 11.7 Å². The number of pyridine rings is 1. The Hall–Kier alpha value is -1.32. The Labute approximate surface area is 69.4 Å². The largest absolute Gasteiger partial charge is 0.491 e. The number of methoxy groups -OCH3 is 1. The van der Waals surface area contributed by atoms with E-state index in [1.807, 2.05) is 0 Å². The Kier molecular flexibility index (Phi) is 2.17. The molecule has 0 aromatic carbocycles. The summed E-state index contributed by atoms with van der Waals surface area (Å²) < 4.78 is 19.1. The summed E-state index contributed by atoms with van der Waals surface area (Å²) in [4.78, 5) is 11.1. The quantitative estimate of drug-likeness (QED) is 0.627. The summed E-state index contributed by atoms with van der Waals surface area (Å²) in [5.41, 5.74) is -0.0722. The van der Waals surface area contributed by atoms with Crippen molar-refractivity contribution in [3.8, 4) is 5.75 Å². The molecular weight excluding hydrogens is 161 g/mol. The van der Waals surface area contributed by atoms with Gasteiger partial charge in [-0.25, -0.2) is 4.39 Å². The fourth-order valence-electron chi connectivity index (χ4n) is 0.999. The lowest BCUT2D eigenvalue weighted by molar-refractivity contribution is 0.395. The highest BCUT2D eigenvalue weighted by atomic mass is 19.1. The molecule has 0 saturated heterocycles. The van der Waals surface area contributed by atoms with Gasteiger partial charge in [-0.1, -0.05) is 0 Å². The van der Waals surface area contributed by atoms with Gasteiger partial charge in [0.15, 0.2) is 11.6 Å². The highest BCUT2D eigenvalue weighted by Crippen LogP contribution is 2.10. The van der Waals surface area contributed by atoms with Crippen LogP contribution in [0.3, 0.4) is 0 Å². The van der Waals surface area contributed by atoms with Gasteiger partial charge in [0.25, 0.3) is 5.43 Å². The first-order valence-electron chi connectivity index (χ1n) is 3.47. The van der Waals surface area contributed by atoms with Crippen LogP contribution in [-0.2, 0) is 7.05 Å². The standard InChI is InChI=1S/C8H10FNO2/c1-5-8(12-3)7(11)6(9)4-10(5)2/h4H,1-3H3. The van der Waals surface area contributed by atoms with Crippen LogP contribution in [0.25, 0.3) is 0 Å². The van der Waals surface area contributed by atoms with Crippen molar-refractivity contribution in [2.24, 2.45) is 7.05 Å². The maximum Gasteiger partial charge on any atom is 0.259 e. The molecule has 1 aromatic heterocycles. The fraction of sp³-hybridized carbons (Fsp3) is 0.375. The van der Waals surface area contributed by atoms with Crippen LogP contribution in [0.4, 0.5) is 4.39 Å². The molecule has 0 aliphatic heterocycles. The first-order chi connectivity index (χ1) is 5.57. The van der Waals surface area contributed by atoms with Crippen molar-refractivity contribution in [1.29, 1.82) is 0 Å². The predicted molar refractivity (Wildman–Crippen MR) is 42.9 cm³/mol. The summed E-state index contributed by atoms with van der Waals surface area (Å²) in [7, 11) is 3.00. The van der Waals surface area contributed by atoms with Crippen LogP contribution >= 0.6 is 0 Å². The average molecular weight is 171 g/mol. The molecule has 0 N–H and O–H groups in total. The van der Waals surface area contributed by atoms with Gasteiger partial charge in [-0.05, 0) is 6.92 Å². The SMILES string of the molecule is COc1c(C)n(C)cc(F)c1=O. The molecule has 1 rings (SSSR count). The molecule has 0 amide bonds. The zero-order chi connectivity index (χ0) is 9.30. The summed E-state index contributed by atoms with van der Waals surface area (Å²) >= 11 is 0. The lowest BCUT2D eigenvalue weighted by Crippen LogP contribution is -2.15. The van der Waals surface area contributed by atoms with Gasteiger partial charge in [0.2, 0.25) is 0 Å². The fourth-order valence-corrected chi connectivity index (χ4v) is 0.999. The van der Waals surface area contributed by atoms with Crippen LogP contribution in [0.15, 0.2) is 11.0 Å². The minimum atomic E-state index is -0.792. The molecule has 0 radical (unpaired) electrons. The van der Waals surface area contributed by atoms with Crippen LogP contribution in [0, 0.1) is 12.7 Å². The van der Waals surface area contributed by atoms with Crippen LogP contribution in [-0.4, -0.2) is 11.7 Å². The lowest BCUT2D eigenvalue weighted by atomic mass is 10.3. The molecule has 12 heavy (non-hydrogen) atoms. The van der Waals surface area contributed by atoms with E-state index >= 15 is 0 Å². The summed E-state index contributed by atoms with van der Waals surface area (Å²) in [5.74, 6) is -0.725. The average Bonchev–Trinajstić information content (AvgIpc) is 2.02. The van der Waals surface area contributed by atoms with E-state index in [1.54, 1.807) is 14.0 Å². The molecular formula is C8H10FNO2. The third-order valence-corrected chi connectivity index (χ3v) is 1.79. The molecule has 4 heteroatoms. The van der Waals surface area contributed by atoms with Crippen LogP contribution < -0.4 is 10.2 Å². The van der Waals surface area contributed by atoms with Gasteiger partial charge in [-0.15, -0.1) is 0 Å². The first kappa shape index (κ1) is 8.77. The van der Waals surface area contributed by atoms with Gasteiger partial charge < -0.3 is 9.30 Å². The number of aryl methyl sites for hydroxylation is 1. The Bertz CT molecular complexity index is 357. The summed E-state index contributed by atoms with van der Waals surface area (Å²) in [5, 5.41) is 0. The Morgan fingerprint density at radius 3 is 2.67 bits per heavy atom. The zero-order valence-corrected chi connectivity index (χ0v) is 7.22. The van der Waals surface area contributed by atoms with Gasteiger partial charge in [0.1, 0.15) is 0 Å². The lowest BCUT2D eigenvalue weighted by Gasteiger charge is -2.08. The smallest absolute Gasteiger partial charge is 0.259 e. The number of rotatable bonds is 1. The normalized spacial score (nSPS) is 10.0. The molecule has 0 aliphatic rings. The van der Waals surface area contributed by atoms with E-state index in [9.17, 15) is 9.18 Å². The topological polar surface area (TPSA) is 31.2 Å². The molecule has 0 bridgehead atoms. The number of hydrogen-bond acceptors (Lipinski definition) is 2. The minimum Gasteiger partial charge on any atom is -0.491 e. The van der Waals surface area contributed by atoms with E-state index in [0.717, 1.165) is 6.20 Å². The first-order valence-corrected chi connectivity index (χ1v) is 3.47. The van der Waals surface area contributed by atoms with Gasteiger partial charge in [0.05, 0.1) is 12.8 Å². The summed E-state index contributed by atoms with van der Waals surface area (Å²) in [6.07, 6.45) is 1.14. The van der Waals surface area contributed by atoms with Crippen molar-refractivity contribution in [3.63, 3.8) is 0 Å². The van der Waals surface area contributed by atoms with Crippen LogP contribution in [0.2, 0.25) is 0 Å². The van der Waals surface area contributed by atoms with Crippen LogP contribution in [0.1, 0.15) is 5.69 Å². The molecule has 3 nitrogen and oxygen atoms in total. The van der Waals surface area contributed by atoms with Gasteiger partial charge in [-0.3, -0.25) is 4.79 Å². The van der Waals surface area contributed by atoms with Crippen LogP contribution in [0.5, 0.6) is 5.75 Å². The van der Waals surface area contributed by atoms with E-state index in [4.69, 9.17) is 4.74 Å². The molecule has 0 unspecified atom stereocenters. The second-order valence-corrected chi connectivity index (χ2v) is 2.54. The van der Waals surface area contributed by atoms with E-state index in [-0.39, 0.29) is 5.75 Å². The maximum atomic E-state index is 12.8. The van der Waals surface area contributed by atoms with Gasteiger partial charge in [0, 0.05) is 13.2 Å². The molecule has 1 aromatic rings. The van der Waals surface area contributed by atoms with Gasteiger partial charge in [-0.2, -0.15) is 0 Å². The monoisotopic (exact) mass is 171 g/mol. The second kappa shape index (κ2) is 2.97. The summed E-state index contributed by atoms with van der Waals surface area (Å²) in [6, 6.07) is 0. The molecule has 0 atom stereocenters. The number of halogens is 1. The third kappa shape index (κ3) is 1.20. The minimum absolute atomic E-state index is 0.0671. The summed E-state index contributed by atoms with van der Waals surface area (Å²) in [6.45, 7) is 1.69. The van der Waals surface area contributed by atoms with E-state index < -0.39 is 11.2 Å². The van der Waals surface area contributed by atoms with Crippen molar-refractivity contribution in [3.05, 3.63) is 27.9 Å². The van der Waals surface area contributed by atoms with E-state index in [0.29, 0.717) is 5.69 Å². The highest BCUT2D eigenvalue weighted by Gasteiger charge is 2.10. The second-order valence-electron chi connectivity index (χ2n) is 2.54. The van der Waals surface area contributed by atoms with Gasteiger partial charge >= 0.3 is 0 Å². The molecule has 0 saturated carbocycles. The van der Waals surface area contributed by atoms with Crippen molar-refractivity contribution in [2.45, 2.75) is 6.92 Å². The molecule has 66 valence electrons. The van der Waals surface area contributed by atoms with Crippen molar-refractivity contribution in [1.82, 2.24) is 4.57 Å². The molecule has 0 spiro atoms. The zero-order valence-electron chi connectivity index (χ0n) is 7.22. The number of ether oxygens (including phenoxy) is 1. The van der Waals surface area contributed by atoms with Crippen molar-refractivity contribution < 1.29 is 9.13 Å². The molecule has 1 heterocycles. The molecule has 0 fully saturated rings. The Morgan fingerprint density at radius 2 is 2.17 bits per heavy atom. The predicted octanol–water partition coefficient (Wildman–Crippen LogP) is 0.841. The Balaban J connectivity index is 3.53. The number of nitrogens with zero attached hydrogens (tertiary/aromatic N) is 1. The number of hydrogen-bond donors (Lipinski definition) is 0. The molecule has 0 aliphatic carbocycles.